The van der Waals surface area contributed by atoms with Gasteiger partial charge in [0.2, 0.25) is 11.9 Å². The van der Waals surface area contributed by atoms with Gasteiger partial charge < -0.3 is 10.2 Å². The van der Waals surface area contributed by atoms with Gasteiger partial charge >= 0.3 is 0 Å². The number of amides is 1. The number of allylic oxidation sites excluding steroid dienone is 2. The highest BCUT2D eigenvalue weighted by Gasteiger charge is 2.64. The molecule has 29 heavy (non-hydrogen) atoms. The number of hydrogen-bond donors (Lipinski definition) is 1. The van der Waals surface area contributed by atoms with Gasteiger partial charge in [0.25, 0.3) is 6.43 Å². The number of piperidine rings is 1. The quantitative estimate of drug-likeness (QED) is 0.788. The van der Waals surface area contributed by atoms with Crippen LogP contribution < -0.4 is 5.32 Å². The monoisotopic (exact) mass is 403 g/mol. The predicted octanol–water partition coefficient (Wildman–Crippen LogP) is 3.11. The molecule has 0 aromatic carbocycles. The normalized spacial score (nSPS) is 39.1. The van der Waals surface area contributed by atoms with Gasteiger partial charge in [-0.25, -0.2) is 13.5 Å². The first-order valence-electron chi connectivity index (χ1n) is 11.0. The number of nitrogens with zero attached hydrogens (tertiary/aromatic N) is 4. The summed E-state index contributed by atoms with van der Waals surface area (Å²) in [4.78, 5) is 19.5. The highest BCUT2D eigenvalue weighted by atomic mass is 19.3. The van der Waals surface area contributed by atoms with E-state index in [1.54, 1.807) is 0 Å². The molecule has 156 valence electrons. The number of alkyl halides is 2. The zero-order valence-electron chi connectivity index (χ0n) is 16.4. The molecule has 1 aromatic heterocycles. The first-order valence-corrected chi connectivity index (χ1v) is 11.0. The Morgan fingerprint density at radius 1 is 1.28 bits per heavy atom. The number of hydrogen-bond acceptors (Lipinski definition) is 4. The van der Waals surface area contributed by atoms with Crippen LogP contribution >= 0.6 is 0 Å². The molecule has 3 heterocycles. The van der Waals surface area contributed by atoms with Crippen LogP contribution in [0.4, 0.5) is 14.7 Å². The third-order valence-electron chi connectivity index (χ3n) is 8.37. The second-order valence-electron chi connectivity index (χ2n) is 9.70. The second kappa shape index (κ2) is 6.25. The average Bonchev–Trinajstić information content (AvgIpc) is 3.14. The Bertz CT molecular complexity index is 850. The maximum atomic E-state index is 13.6. The van der Waals surface area contributed by atoms with Crippen LogP contribution in [-0.2, 0) is 4.79 Å². The van der Waals surface area contributed by atoms with Crippen LogP contribution in [0.1, 0.15) is 44.6 Å². The van der Waals surface area contributed by atoms with Crippen molar-refractivity contribution in [3.8, 4) is 0 Å². The Hall–Kier alpha value is -1.99. The number of aromatic nitrogens is 3. The Labute approximate surface area is 168 Å². The van der Waals surface area contributed by atoms with Crippen molar-refractivity contribution in [1.82, 2.24) is 19.7 Å². The van der Waals surface area contributed by atoms with E-state index in [0.717, 1.165) is 25.8 Å². The summed E-state index contributed by atoms with van der Waals surface area (Å²) in [5.74, 6) is 2.03. The molecule has 6 nitrogen and oxygen atoms in total. The van der Waals surface area contributed by atoms with Gasteiger partial charge in [-0.1, -0.05) is 12.2 Å². The van der Waals surface area contributed by atoms with Crippen molar-refractivity contribution in [3.63, 3.8) is 0 Å². The lowest BCUT2D eigenvalue weighted by Crippen LogP contribution is -2.50. The molecular formula is C21H27F2N5O. The molecule has 8 heteroatoms. The molecule has 2 bridgehead atoms. The van der Waals surface area contributed by atoms with Gasteiger partial charge in [-0.05, 0) is 61.7 Å². The van der Waals surface area contributed by atoms with Gasteiger partial charge in [-0.3, -0.25) is 4.79 Å². The molecule has 3 aliphatic carbocycles. The fraction of sp³-hybridized carbons (Fsp3) is 0.762. The molecule has 1 N–H and O–H groups in total. The molecule has 2 saturated carbocycles. The van der Waals surface area contributed by atoms with Crippen LogP contribution in [-0.4, -0.2) is 51.1 Å². The van der Waals surface area contributed by atoms with Crippen molar-refractivity contribution in [2.45, 2.75) is 57.0 Å². The highest BCUT2D eigenvalue weighted by Crippen LogP contribution is 2.70. The molecule has 1 spiro atoms. The predicted molar refractivity (Wildman–Crippen MR) is 102 cm³/mol. The van der Waals surface area contributed by atoms with Crippen LogP contribution in [0.5, 0.6) is 0 Å². The molecule has 1 aromatic rings. The van der Waals surface area contributed by atoms with E-state index < -0.39 is 12.5 Å². The fourth-order valence-electron chi connectivity index (χ4n) is 6.73. The third-order valence-corrected chi connectivity index (χ3v) is 8.37. The standard InChI is InChI=1S/C21H27F2N5O/c22-18(23)17-9-16(26-20-24-11-25-28(17)20)12-2-1-7-27(10-12)19(29)14-8-13-3-4-15(14)21(13)5-6-21/h3-4,11-18H,1-2,5-10H2,(H,24,25,26)/t12-,13+,14+,15+,16+,17-/m1/s1. The summed E-state index contributed by atoms with van der Waals surface area (Å²) < 4.78 is 28.5. The van der Waals surface area contributed by atoms with Gasteiger partial charge in [0.1, 0.15) is 12.4 Å². The molecule has 6 atom stereocenters. The fourth-order valence-corrected chi connectivity index (χ4v) is 6.73. The zero-order chi connectivity index (χ0) is 19.8. The van der Waals surface area contributed by atoms with Gasteiger partial charge in [0, 0.05) is 25.0 Å². The Balaban J connectivity index is 1.17. The summed E-state index contributed by atoms with van der Waals surface area (Å²) >= 11 is 0. The zero-order valence-corrected chi connectivity index (χ0v) is 16.4. The summed E-state index contributed by atoms with van der Waals surface area (Å²) in [5.41, 5.74) is 0.412. The van der Waals surface area contributed by atoms with Crippen molar-refractivity contribution in [3.05, 3.63) is 18.5 Å². The van der Waals surface area contributed by atoms with Gasteiger partial charge in [0.15, 0.2) is 0 Å². The van der Waals surface area contributed by atoms with Crippen LogP contribution in [0, 0.1) is 29.1 Å². The van der Waals surface area contributed by atoms with Crippen LogP contribution in [0.15, 0.2) is 18.5 Å². The molecule has 1 amide bonds. The maximum absolute atomic E-state index is 13.6. The lowest BCUT2D eigenvalue weighted by atomic mass is 9.84. The smallest absolute Gasteiger partial charge is 0.260 e. The van der Waals surface area contributed by atoms with Crippen molar-refractivity contribution >= 4 is 11.9 Å². The second-order valence-corrected chi connectivity index (χ2v) is 9.70. The van der Waals surface area contributed by atoms with Crippen LogP contribution in [0.2, 0.25) is 0 Å². The number of anilines is 1. The van der Waals surface area contributed by atoms with E-state index in [1.807, 2.05) is 4.90 Å². The topological polar surface area (TPSA) is 63.1 Å². The molecule has 1 saturated heterocycles. The number of nitrogens with one attached hydrogen (secondary N) is 1. The number of carbonyl (C=O) groups is 1. The van der Waals surface area contributed by atoms with Gasteiger partial charge in [-0.2, -0.15) is 10.1 Å². The lowest BCUT2D eigenvalue weighted by molar-refractivity contribution is -0.138. The lowest BCUT2D eigenvalue weighted by Gasteiger charge is -2.41. The minimum Gasteiger partial charge on any atom is -0.351 e. The van der Waals surface area contributed by atoms with E-state index in [0.29, 0.717) is 42.1 Å². The number of fused-ring (bicyclic) bond motifs is 1. The van der Waals surface area contributed by atoms with E-state index in [2.05, 4.69) is 27.6 Å². The summed E-state index contributed by atoms with van der Waals surface area (Å²) in [6.07, 6.45) is 9.23. The highest BCUT2D eigenvalue weighted by molar-refractivity contribution is 5.80. The van der Waals surface area contributed by atoms with Crippen molar-refractivity contribution in [1.29, 1.82) is 0 Å². The molecule has 0 radical (unpaired) electrons. The Morgan fingerprint density at radius 3 is 2.90 bits per heavy atom. The Kier molecular flexibility index (Phi) is 3.84. The SMILES string of the molecule is O=C([C@H]1C[C@@H]2C=C[C@@H]1C21CC1)N1CCC[C@@H]([C@@H]2C[C@H](C(F)F)n3ncnc3N2)C1. The minimum atomic E-state index is -2.48. The summed E-state index contributed by atoms with van der Waals surface area (Å²) in [7, 11) is 0. The van der Waals surface area contributed by atoms with E-state index in [4.69, 9.17) is 0 Å². The van der Waals surface area contributed by atoms with Gasteiger partial charge in [-0.15, -0.1) is 0 Å². The van der Waals surface area contributed by atoms with Gasteiger partial charge in [0.05, 0.1) is 0 Å². The summed E-state index contributed by atoms with van der Waals surface area (Å²) in [6, 6.07) is -1.05. The number of rotatable bonds is 3. The number of halogens is 2. The maximum Gasteiger partial charge on any atom is 0.260 e. The third kappa shape index (κ3) is 2.60. The number of likely N-dealkylation sites (tertiary alicyclic amines) is 1. The molecule has 0 unspecified atom stereocenters. The average molecular weight is 403 g/mol. The first-order chi connectivity index (χ1) is 14.1. The minimum absolute atomic E-state index is 0.101. The van der Waals surface area contributed by atoms with E-state index >= 15 is 0 Å². The number of carbonyl (C=O) groups excluding carboxylic acids is 1. The molecule has 3 fully saturated rings. The van der Waals surface area contributed by atoms with Crippen LogP contribution in [0.3, 0.4) is 0 Å². The molecule has 2 aliphatic heterocycles. The molecule has 5 aliphatic rings. The van der Waals surface area contributed by atoms with Crippen molar-refractivity contribution in [2.24, 2.45) is 29.1 Å². The summed E-state index contributed by atoms with van der Waals surface area (Å²) in [6.45, 7) is 1.45. The summed E-state index contributed by atoms with van der Waals surface area (Å²) in [5, 5.41) is 7.29. The largest absolute Gasteiger partial charge is 0.351 e. The molecule has 6 rings (SSSR count). The first kappa shape index (κ1) is 17.8. The van der Waals surface area contributed by atoms with E-state index in [1.165, 1.54) is 23.9 Å². The van der Waals surface area contributed by atoms with E-state index in [-0.39, 0.29) is 17.9 Å². The molecular weight excluding hydrogens is 376 g/mol. The van der Waals surface area contributed by atoms with E-state index in [9.17, 15) is 13.6 Å². The van der Waals surface area contributed by atoms with Crippen LogP contribution in [0.25, 0.3) is 0 Å². The van der Waals surface area contributed by atoms with Crippen molar-refractivity contribution in [2.75, 3.05) is 18.4 Å². The Morgan fingerprint density at radius 2 is 2.14 bits per heavy atom. The van der Waals surface area contributed by atoms with Crippen molar-refractivity contribution < 1.29 is 13.6 Å².